The lowest BCUT2D eigenvalue weighted by Gasteiger charge is -2.10. The Labute approximate surface area is 77.1 Å². The van der Waals surface area contributed by atoms with Gasteiger partial charge in [0.2, 0.25) is 0 Å². The van der Waals surface area contributed by atoms with E-state index in [1.165, 1.54) is 0 Å². The van der Waals surface area contributed by atoms with E-state index in [0.717, 1.165) is 25.2 Å². The smallest absolute Gasteiger partial charge is 0.148 e. The molecule has 1 fully saturated rings. The van der Waals surface area contributed by atoms with Crippen molar-refractivity contribution in [3.63, 3.8) is 0 Å². The first kappa shape index (κ1) is 8.62. The summed E-state index contributed by atoms with van der Waals surface area (Å²) in [5.74, 6) is 0.850. The zero-order valence-corrected chi connectivity index (χ0v) is 7.97. The van der Waals surface area contributed by atoms with Gasteiger partial charge in [-0.1, -0.05) is 0 Å². The van der Waals surface area contributed by atoms with Gasteiger partial charge in [0.1, 0.15) is 5.82 Å². The third kappa shape index (κ3) is 1.85. The molecule has 0 amide bonds. The lowest BCUT2D eigenvalue weighted by atomic mass is 10.2. The van der Waals surface area contributed by atoms with Crippen LogP contribution in [0.15, 0.2) is 0 Å². The van der Waals surface area contributed by atoms with Crippen molar-refractivity contribution in [1.82, 2.24) is 20.2 Å². The second-order valence-electron chi connectivity index (χ2n) is 3.55. The highest BCUT2D eigenvalue weighted by molar-refractivity contribution is 4.77. The molecule has 13 heavy (non-hydrogen) atoms. The molecule has 5 heteroatoms. The van der Waals surface area contributed by atoms with Gasteiger partial charge in [-0.25, -0.2) is 4.68 Å². The van der Waals surface area contributed by atoms with Crippen molar-refractivity contribution in [2.24, 2.45) is 0 Å². The molecule has 1 aromatic heterocycles. The number of tetrazole rings is 1. The number of ether oxygens (including phenoxy) is 1. The van der Waals surface area contributed by atoms with E-state index in [9.17, 15) is 0 Å². The number of aromatic nitrogens is 4. The van der Waals surface area contributed by atoms with Gasteiger partial charge in [0.05, 0.1) is 18.8 Å². The standard InChI is InChI=1S/C8H14N4O/c1-6-3-4-8(13-6)5-12-7(2)9-10-11-12/h6,8H,3-5H2,1-2H3. The van der Waals surface area contributed by atoms with Crippen LogP contribution < -0.4 is 0 Å². The Morgan fingerprint density at radius 2 is 2.38 bits per heavy atom. The first-order chi connectivity index (χ1) is 6.25. The number of hydrogen-bond donors (Lipinski definition) is 0. The molecule has 0 bridgehead atoms. The minimum atomic E-state index is 0.289. The largest absolute Gasteiger partial charge is 0.373 e. The Hall–Kier alpha value is -0.970. The van der Waals surface area contributed by atoms with Gasteiger partial charge in [0.15, 0.2) is 0 Å². The van der Waals surface area contributed by atoms with Crippen LogP contribution in [0.1, 0.15) is 25.6 Å². The van der Waals surface area contributed by atoms with Crippen LogP contribution >= 0.6 is 0 Å². The Balaban J connectivity index is 1.95. The molecule has 2 rings (SSSR count). The lowest BCUT2D eigenvalue weighted by molar-refractivity contribution is 0.0429. The van der Waals surface area contributed by atoms with E-state index in [-0.39, 0.29) is 6.10 Å². The summed E-state index contributed by atoms with van der Waals surface area (Å²) in [6.07, 6.45) is 2.94. The van der Waals surface area contributed by atoms with E-state index < -0.39 is 0 Å². The molecule has 2 unspecified atom stereocenters. The van der Waals surface area contributed by atoms with Gasteiger partial charge < -0.3 is 4.74 Å². The molecule has 0 aliphatic carbocycles. The molecule has 0 spiro atoms. The Morgan fingerprint density at radius 3 is 2.92 bits per heavy atom. The van der Waals surface area contributed by atoms with Gasteiger partial charge in [-0.05, 0) is 37.1 Å². The molecule has 5 nitrogen and oxygen atoms in total. The fourth-order valence-electron chi connectivity index (χ4n) is 1.63. The van der Waals surface area contributed by atoms with Crippen LogP contribution in [0.2, 0.25) is 0 Å². The number of nitrogens with zero attached hydrogens (tertiary/aromatic N) is 4. The molecule has 0 saturated carbocycles. The van der Waals surface area contributed by atoms with Gasteiger partial charge in [-0.3, -0.25) is 0 Å². The third-order valence-electron chi connectivity index (χ3n) is 2.41. The molecular weight excluding hydrogens is 168 g/mol. The van der Waals surface area contributed by atoms with Crippen molar-refractivity contribution in [2.45, 2.75) is 45.4 Å². The summed E-state index contributed by atoms with van der Waals surface area (Å²) in [7, 11) is 0. The highest BCUT2D eigenvalue weighted by Crippen LogP contribution is 2.20. The molecule has 0 aromatic carbocycles. The number of rotatable bonds is 2. The fraction of sp³-hybridized carbons (Fsp3) is 0.875. The van der Waals surface area contributed by atoms with E-state index in [4.69, 9.17) is 4.74 Å². The molecule has 2 atom stereocenters. The Kier molecular flexibility index (Phi) is 2.26. The normalized spacial score (nSPS) is 28.2. The highest BCUT2D eigenvalue weighted by Gasteiger charge is 2.22. The van der Waals surface area contributed by atoms with E-state index in [1.54, 1.807) is 4.68 Å². The summed E-state index contributed by atoms with van der Waals surface area (Å²) in [6.45, 7) is 4.79. The maximum Gasteiger partial charge on any atom is 0.148 e. The molecule has 1 aromatic rings. The van der Waals surface area contributed by atoms with Crippen molar-refractivity contribution in [3.8, 4) is 0 Å². The van der Waals surface area contributed by atoms with Gasteiger partial charge in [-0.2, -0.15) is 0 Å². The molecule has 0 N–H and O–H groups in total. The lowest BCUT2D eigenvalue weighted by Crippen LogP contribution is -2.18. The predicted molar refractivity (Wildman–Crippen MR) is 46.1 cm³/mol. The molecule has 0 radical (unpaired) electrons. The van der Waals surface area contributed by atoms with Crippen LogP contribution in [-0.2, 0) is 11.3 Å². The summed E-state index contributed by atoms with van der Waals surface area (Å²) >= 11 is 0. The van der Waals surface area contributed by atoms with Gasteiger partial charge in [0, 0.05) is 0 Å². The summed E-state index contributed by atoms with van der Waals surface area (Å²) in [5, 5.41) is 11.3. The minimum absolute atomic E-state index is 0.289. The van der Waals surface area contributed by atoms with Crippen molar-refractivity contribution in [1.29, 1.82) is 0 Å². The maximum absolute atomic E-state index is 5.67. The summed E-state index contributed by atoms with van der Waals surface area (Å²) < 4.78 is 7.47. The fourth-order valence-corrected chi connectivity index (χ4v) is 1.63. The second-order valence-corrected chi connectivity index (χ2v) is 3.55. The average molecular weight is 182 g/mol. The van der Waals surface area contributed by atoms with Crippen molar-refractivity contribution >= 4 is 0 Å². The predicted octanol–water partition coefficient (Wildman–Crippen LogP) is 0.549. The van der Waals surface area contributed by atoms with Gasteiger partial charge >= 0.3 is 0 Å². The summed E-state index contributed by atoms with van der Waals surface area (Å²) in [5.41, 5.74) is 0. The molecule has 1 aliphatic heterocycles. The van der Waals surface area contributed by atoms with Crippen LogP contribution in [0.4, 0.5) is 0 Å². The molecular formula is C8H14N4O. The zero-order valence-electron chi connectivity index (χ0n) is 7.97. The van der Waals surface area contributed by atoms with Crippen LogP contribution in [0.3, 0.4) is 0 Å². The van der Waals surface area contributed by atoms with Crippen molar-refractivity contribution in [3.05, 3.63) is 5.82 Å². The number of hydrogen-bond acceptors (Lipinski definition) is 4. The topological polar surface area (TPSA) is 52.8 Å². The van der Waals surface area contributed by atoms with Crippen LogP contribution in [0, 0.1) is 6.92 Å². The first-order valence-corrected chi connectivity index (χ1v) is 4.64. The molecule has 2 heterocycles. The van der Waals surface area contributed by atoms with Gasteiger partial charge in [-0.15, -0.1) is 5.10 Å². The molecule has 72 valence electrons. The maximum atomic E-state index is 5.67. The van der Waals surface area contributed by atoms with Crippen molar-refractivity contribution < 1.29 is 4.74 Å². The van der Waals surface area contributed by atoms with E-state index >= 15 is 0 Å². The van der Waals surface area contributed by atoms with Gasteiger partial charge in [0.25, 0.3) is 0 Å². The van der Waals surface area contributed by atoms with Crippen molar-refractivity contribution in [2.75, 3.05) is 0 Å². The highest BCUT2D eigenvalue weighted by atomic mass is 16.5. The summed E-state index contributed by atoms with van der Waals surface area (Å²) in [4.78, 5) is 0. The zero-order chi connectivity index (χ0) is 9.26. The van der Waals surface area contributed by atoms with Crippen LogP contribution in [0.5, 0.6) is 0 Å². The van der Waals surface area contributed by atoms with Crippen LogP contribution in [-0.4, -0.2) is 32.4 Å². The van der Waals surface area contributed by atoms with E-state index in [0.29, 0.717) is 6.10 Å². The van der Waals surface area contributed by atoms with Crippen LogP contribution in [0.25, 0.3) is 0 Å². The second kappa shape index (κ2) is 3.41. The Bertz CT molecular complexity index is 285. The molecule has 1 aliphatic rings. The average Bonchev–Trinajstić information content (AvgIpc) is 2.64. The third-order valence-corrected chi connectivity index (χ3v) is 2.41. The molecule has 1 saturated heterocycles. The quantitative estimate of drug-likeness (QED) is 0.670. The van der Waals surface area contributed by atoms with E-state index in [2.05, 4.69) is 22.4 Å². The monoisotopic (exact) mass is 182 g/mol. The minimum Gasteiger partial charge on any atom is -0.373 e. The summed E-state index contributed by atoms with van der Waals surface area (Å²) in [6, 6.07) is 0. The SMILES string of the molecule is Cc1nnnn1CC1CCC(C)O1. The Morgan fingerprint density at radius 1 is 1.54 bits per heavy atom. The van der Waals surface area contributed by atoms with E-state index in [1.807, 2.05) is 6.92 Å². The number of aryl methyl sites for hydroxylation is 1. The first-order valence-electron chi connectivity index (χ1n) is 4.64.